The number of β-lactam (4-membered cyclic amide) rings is 1. The molecule has 0 bridgehead atoms. The molecule has 2 amide bonds. The van der Waals surface area contributed by atoms with Crippen molar-refractivity contribution in [3.05, 3.63) is 244 Å². The van der Waals surface area contributed by atoms with Crippen LogP contribution in [0.5, 0.6) is 0 Å². The fourth-order valence-electron chi connectivity index (χ4n) is 8.45. The van der Waals surface area contributed by atoms with Crippen molar-refractivity contribution < 1.29 is 36.5 Å². The quantitative estimate of drug-likeness (QED) is 0.0295. The predicted molar refractivity (Wildman–Crippen MR) is 266 cm³/mol. The van der Waals surface area contributed by atoms with Crippen LogP contribution >= 0.6 is 23.1 Å². The van der Waals surface area contributed by atoms with E-state index in [4.69, 9.17) is 18.6 Å². The molecule has 0 spiro atoms. The van der Waals surface area contributed by atoms with Gasteiger partial charge in [-0.2, -0.15) is 8.42 Å². The number of nitrogens with zero attached hydrogens (tertiary/aromatic N) is 2. The minimum Gasteiger partial charge on any atom is -0.448 e. The van der Waals surface area contributed by atoms with Crippen LogP contribution in [0, 0.1) is 6.92 Å². The zero-order chi connectivity index (χ0) is 48.0. The van der Waals surface area contributed by atoms with Crippen LogP contribution in [-0.4, -0.2) is 60.4 Å². The number of benzene rings is 6. The number of allylic oxidation sites excluding steroid dienone is 1. The minimum atomic E-state index is -4.21. The fraction of sp³-hybridized carbons (Fsp3) is 0.148. The molecule has 1 fully saturated rings. The number of methoxy groups -OCH3 is 1. The molecule has 348 valence electrons. The molecular formula is C54H46N4O8S3. The number of carbonyl (C=O) groups excluding carboxylic acids is 3. The van der Waals surface area contributed by atoms with Gasteiger partial charge in [0.25, 0.3) is 11.8 Å². The van der Waals surface area contributed by atoms with Crippen molar-refractivity contribution in [3.8, 4) is 0 Å². The summed E-state index contributed by atoms with van der Waals surface area (Å²) >= 11 is 2.60. The summed E-state index contributed by atoms with van der Waals surface area (Å²) in [5, 5.41) is 8.16. The highest BCUT2D eigenvalue weighted by molar-refractivity contribution is 8.00. The average molecular weight is 975 g/mol. The van der Waals surface area contributed by atoms with Crippen LogP contribution in [0.4, 0.5) is 5.13 Å². The minimum absolute atomic E-state index is 0.0475. The first kappa shape index (κ1) is 46.8. The van der Waals surface area contributed by atoms with Crippen molar-refractivity contribution in [1.29, 1.82) is 0 Å². The Morgan fingerprint density at radius 3 is 1.81 bits per heavy atom. The van der Waals surface area contributed by atoms with Gasteiger partial charge in [0.05, 0.1) is 5.69 Å². The molecule has 2 aliphatic rings. The number of fused-ring (bicyclic) bond motifs is 1. The van der Waals surface area contributed by atoms with E-state index in [-0.39, 0.29) is 21.9 Å². The predicted octanol–water partition coefficient (Wildman–Crippen LogP) is 9.45. The number of esters is 1. The molecule has 1 aromatic heterocycles. The molecule has 3 atom stereocenters. The summed E-state index contributed by atoms with van der Waals surface area (Å²) in [6.07, 6.45) is 0.281. The largest absolute Gasteiger partial charge is 0.448 e. The van der Waals surface area contributed by atoms with Crippen molar-refractivity contribution in [2.45, 2.75) is 41.0 Å². The number of anilines is 1. The van der Waals surface area contributed by atoms with Gasteiger partial charge in [0.15, 0.2) is 17.3 Å². The highest BCUT2D eigenvalue weighted by Crippen LogP contribution is 2.44. The van der Waals surface area contributed by atoms with Gasteiger partial charge < -0.3 is 24.3 Å². The topological polar surface area (TPSA) is 153 Å². The molecule has 12 nitrogen and oxygen atoms in total. The van der Waals surface area contributed by atoms with Crippen molar-refractivity contribution >= 4 is 56.1 Å². The molecule has 6 aromatic carbocycles. The van der Waals surface area contributed by atoms with E-state index in [1.54, 1.807) is 17.5 Å². The summed E-state index contributed by atoms with van der Waals surface area (Å²) in [7, 11) is -2.81. The SMILES string of the molecule is COC(C(=O)NC1C(=O)N2C(C(=O)OC(c3ccccc3)c3ccccc3)=C(C=COS(=O)(=O)c3ccc(C)cc3)CSC12)c1csc(NC(c2ccccc2)(c2ccccc2)c2ccccc2)n1. The Hall–Kier alpha value is -7.30. The second kappa shape index (κ2) is 20.5. The number of carbonyl (C=O) groups is 3. The van der Waals surface area contributed by atoms with E-state index < -0.39 is 57.1 Å². The summed E-state index contributed by atoms with van der Waals surface area (Å²) in [5.74, 6) is -1.86. The van der Waals surface area contributed by atoms with Crippen molar-refractivity contribution in [3.63, 3.8) is 0 Å². The Morgan fingerprint density at radius 1 is 0.768 bits per heavy atom. The number of hydrogen-bond donors (Lipinski definition) is 2. The molecule has 69 heavy (non-hydrogen) atoms. The summed E-state index contributed by atoms with van der Waals surface area (Å²) < 4.78 is 43.5. The number of aromatic nitrogens is 1. The normalized spacial score (nSPS) is 16.4. The lowest BCUT2D eigenvalue weighted by Gasteiger charge is -2.49. The van der Waals surface area contributed by atoms with Gasteiger partial charge >= 0.3 is 16.1 Å². The molecule has 15 heteroatoms. The Kier molecular flexibility index (Phi) is 13.9. The third-order valence-electron chi connectivity index (χ3n) is 11.9. The van der Waals surface area contributed by atoms with Gasteiger partial charge in [-0.05, 0) is 58.5 Å². The van der Waals surface area contributed by atoms with Gasteiger partial charge in [0.1, 0.15) is 33.8 Å². The average Bonchev–Trinajstić information content (AvgIpc) is 3.85. The third-order valence-corrected chi connectivity index (χ3v) is 15.2. The summed E-state index contributed by atoms with van der Waals surface area (Å²) in [4.78, 5) is 49.2. The van der Waals surface area contributed by atoms with E-state index >= 15 is 0 Å². The highest BCUT2D eigenvalue weighted by atomic mass is 32.2. The number of amides is 2. The lowest BCUT2D eigenvalue weighted by atomic mass is 9.77. The number of thiazole rings is 1. The maximum atomic E-state index is 14.6. The molecule has 9 rings (SSSR count). The van der Waals surface area contributed by atoms with Crippen LogP contribution in [-0.2, 0) is 43.7 Å². The van der Waals surface area contributed by atoms with Crippen LogP contribution in [0.2, 0.25) is 0 Å². The van der Waals surface area contributed by atoms with E-state index in [2.05, 4.69) is 47.0 Å². The number of aryl methyl sites for hydroxylation is 1. The Labute approximate surface area is 408 Å². The van der Waals surface area contributed by atoms with Crippen LogP contribution in [0.15, 0.2) is 210 Å². The monoisotopic (exact) mass is 974 g/mol. The molecule has 7 aromatic rings. The Morgan fingerprint density at radius 2 is 1.29 bits per heavy atom. The van der Waals surface area contributed by atoms with Crippen molar-refractivity contribution in [1.82, 2.24) is 15.2 Å². The van der Waals surface area contributed by atoms with E-state index in [1.807, 2.05) is 122 Å². The highest BCUT2D eigenvalue weighted by Gasteiger charge is 2.55. The smallest absolute Gasteiger partial charge is 0.356 e. The van der Waals surface area contributed by atoms with Gasteiger partial charge in [0.2, 0.25) is 0 Å². The molecule has 0 aliphatic carbocycles. The van der Waals surface area contributed by atoms with Gasteiger partial charge in [-0.3, -0.25) is 14.5 Å². The summed E-state index contributed by atoms with van der Waals surface area (Å²) in [5.41, 5.74) is 4.84. The number of nitrogens with one attached hydrogen (secondary N) is 2. The standard InChI is InChI=1S/C54H46N4O8S3/c1-36-28-30-43(31-29-36)69(62,63)65-33-32-39-34-67-51-45(50(60)58(51)46(39)52(61)66-47(37-18-8-3-9-19-37)38-20-10-4-11-21-38)56-49(59)48(64-2)44-35-68-53(55-44)57-54(40-22-12-5-13-23-40,41-24-14-6-15-25-41)42-26-16-7-17-27-42/h3-33,35,45,47-48,51H,34H2,1-2H3,(H,55,57)(H,56,59). The maximum Gasteiger partial charge on any atom is 0.356 e. The molecule has 0 radical (unpaired) electrons. The van der Waals surface area contributed by atoms with E-state index in [0.29, 0.717) is 22.0 Å². The Bertz CT molecular complexity index is 2970. The first-order valence-electron chi connectivity index (χ1n) is 22.0. The van der Waals surface area contributed by atoms with E-state index in [1.165, 1.54) is 53.3 Å². The molecule has 2 aliphatic heterocycles. The summed E-state index contributed by atoms with van der Waals surface area (Å²) in [6, 6.07) is 53.7. The van der Waals surface area contributed by atoms with Gasteiger partial charge in [0, 0.05) is 18.2 Å². The fourth-order valence-corrected chi connectivity index (χ4v) is 11.3. The lowest BCUT2D eigenvalue weighted by Crippen LogP contribution is -2.71. The number of hydrogen-bond acceptors (Lipinski definition) is 12. The number of rotatable bonds is 17. The van der Waals surface area contributed by atoms with E-state index in [9.17, 15) is 22.8 Å². The maximum absolute atomic E-state index is 14.6. The first-order chi connectivity index (χ1) is 33.6. The zero-order valence-electron chi connectivity index (χ0n) is 37.4. The lowest BCUT2D eigenvalue weighted by molar-refractivity contribution is -0.155. The molecule has 2 N–H and O–H groups in total. The van der Waals surface area contributed by atoms with Gasteiger partial charge in [-0.15, -0.1) is 23.1 Å². The van der Waals surface area contributed by atoms with E-state index in [0.717, 1.165) is 28.5 Å². The Balaban J connectivity index is 0.980. The number of ether oxygens (including phenoxy) is 2. The number of thioether (sulfide) groups is 1. The van der Waals surface area contributed by atoms with Crippen LogP contribution in [0.1, 0.15) is 51.3 Å². The molecular weight excluding hydrogens is 929 g/mol. The van der Waals surface area contributed by atoms with Crippen LogP contribution in [0.25, 0.3) is 0 Å². The second-order valence-corrected chi connectivity index (χ2v) is 19.7. The molecule has 3 unspecified atom stereocenters. The molecule has 0 saturated carbocycles. The second-order valence-electron chi connectivity index (χ2n) is 16.2. The first-order valence-corrected chi connectivity index (χ1v) is 25.3. The van der Waals surface area contributed by atoms with Crippen LogP contribution in [0.3, 0.4) is 0 Å². The zero-order valence-corrected chi connectivity index (χ0v) is 39.8. The summed E-state index contributed by atoms with van der Waals surface area (Å²) in [6.45, 7) is 1.84. The van der Waals surface area contributed by atoms with Crippen LogP contribution < -0.4 is 10.6 Å². The van der Waals surface area contributed by atoms with Gasteiger partial charge in [-0.1, -0.05) is 169 Å². The van der Waals surface area contributed by atoms with Crippen molar-refractivity contribution in [2.75, 3.05) is 18.2 Å². The van der Waals surface area contributed by atoms with Crippen molar-refractivity contribution in [2.24, 2.45) is 0 Å². The molecule has 3 heterocycles. The van der Waals surface area contributed by atoms with Gasteiger partial charge in [-0.25, -0.2) is 9.78 Å². The molecule has 1 saturated heterocycles. The third kappa shape index (κ3) is 9.72.